The number of urea groups is 1. The molecule has 1 aromatic carbocycles. The van der Waals surface area contributed by atoms with Gasteiger partial charge in [0.25, 0.3) is 0 Å². The van der Waals surface area contributed by atoms with Crippen molar-refractivity contribution in [2.75, 3.05) is 38.6 Å². The summed E-state index contributed by atoms with van der Waals surface area (Å²) in [5.74, 6) is -1.48. The first kappa shape index (κ1) is 35.4. The van der Waals surface area contributed by atoms with Gasteiger partial charge in [-0.1, -0.05) is 13.0 Å². The Morgan fingerprint density at radius 3 is 2.22 bits per heavy atom. The highest BCUT2D eigenvalue weighted by Gasteiger charge is 2.48. The molecule has 2 saturated carbocycles. The van der Waals surface area contributed by atoms with Gasteiger partial charge in [-0.25, -0.2) is 19.5 Å². The second-order valence-corrected chi connectivity index (χ2v) is 14.0. The Balaban J connectivity index is 1.52. The number of nitrogens with one attached hydrogen (secondary N) is 4. The Morgan fingerprint density at radius 1 is 1.02 bits per heavy atom. The molecular weight excluding hydrogens is 595 g/mol. The van der Waals surface area contributed by atoms with E-state index >= 15 is 4.39 Å². The summed E-state index contributed by atoms with van der Waals surface area (Å²) in [4.78, 5) is 61.6. The van der Waals surface area contributed by atoms with Crippen LogP contribution in [0.1, 0.15) is 78.7 Å². The predicted octanol–water partition coefficient (Wildman–Crippen LogP) is 3.98. The first-order valence-corrected chi connectivity index (χ1v) is 16.5. The van der Waals surface area contributed by atoms with Gasteiger partial charge in [-0.05, 0) is 103 Å². The van der Waals surface area contributed by atoms with Gasteiger partial charge >= 0.3 is 12.1 Å². The summed E-state index contributed by atoms with van der Waals surface area (Å²) in [5, 5.41) is 8.19. The molecule has 256 valence electrons. The first-order valence-electron chi connectivity index (χ1n) is 16.5. The maximum atomic E-state index is 15.7. The van der Waals surface area contributed by atoms with E-state index in [-0.39, 0.29) is 30.2 Å². The molecule has 1 saturated heterocycles. The minimum absolute atomic E-state index is 0.0416. The van der Waals surface area contributed by atoms with Gasteiger partial charge in [0.15, 0.2) is 0 Å². The zero-order valence-electron chi connectivity index (χ0n) is 28.2. The molecule has 4 atom stereocenters. The fraction of sp³-hybridized carbons (Fsp3) is 0.697. The number of rotatable bonds is 12. The van der Waals surface area contributed by atoms with E-state index in [9.17, 15) is 19.2 Å². The van der Waals surface area contributed by atoms with Crippen molar-refractivity contribution in [2.45, 2.75) is 96.9 Å². The van der Waals surface area contributed by atoms with Crippen molar-refractivity contribution in [1.82, 2.24) is 25.9 Å². The third-order valence-electron chi connectivity index (χ3n) is 9.08. The number of carbonyl (C=O) groups is 4. The maximum Gasteiger partial charge on any atom is 0.408 e. The first-order chi connectivity index (χ1) is 21.7. The zero-order chi connectivity index (χ0) is 33.8. The molecule has 4 rings (SSSR count). The number of hydroxylamine groups is 1. The van der Waals surface area contributed by atoms with Crippen LogP contribution in [0.3, 0.4) is 0 Å². The number of benzene rings is 1. The molecule has 0 spiro atoms. The average molecular weight is 647 g/mol. The number of alkyl carbamates (subject to hydrolysis) is 1. The van der Waals surface area contributed by atoms with E-state index in [4.69, 9.17) is 9.57 Å². The molecule has 2 aliphatic carbocycles. The zero-order valence-corrected chi connectivity index (χ0v) is 28.2. The largest absolute Gasteiger partial charge is 0.444 e. The fourth-order valence-corrected chi connectivity index (χ4v) is 6.14. The molecule has 0 radical (unpaired) electrons. The fourth-order valence-electron chi connectivity index (χ4n) is 6.14. The van der Waals surface area contributed by atoms with E-state index in [0.717, 1.165) is 25.7 Å². The van der Waals surface area contributed by atoms with Crippen molar-refractivity contribution < 1.29 is 33.1 Å². The number of nitrogens with zero attached hydrogens (tertiary/aromatic N) is 2. The van der Waals surface area contributed by atoms with Gasteiger partial charge in [-0.2, -0.15) is 0 Å². The van der Waals surface area contributed by atoms with Crippen molar-refractivity contribution in [3.8, 4) is 0 Å². The van der Waals surface area contributed by atoms with Crippen LogP contribution in [-0.4, -0.2) is 90.8 Å². The monoisotopic (exact) mass is 646 g/mol. The Hall–Kier alpha value is -3.45. The summed E-state index contributed by atoms with van der Waals surface area (Å²) >= 11 is 0. The summed E-state index contributed by atoms with van der Waals surface area (Å²) in [7, 11) is 2.00. The topological polar surface area (TPSA) is 141 Å². The van der Waals surface area contributed by atoms with Gasteiger partial charge in [-0.3, -0.25) is 14.4 Å². The molecule has 1 aliphatic heterocycles. The van der Waals surface area contributed by atoms with Crippen LogP contribution in [0.25, 0.3) is 0 Å². The van der Waals surface area contributed by atoms with Crippen molar-refractivity contribution >= 4 is 29.6 Å². The van der Waals surface area contributed by atoms with Crippen molar-refractivity contribution in [3.05, 3.63) is 29.6 Å². The lowest BCUT2D eigenvalue weighted by atomic mass is 9.88. The van der Waals surface area contributed by atoms with Gasteiger partial charge in [0.1, 0.15) is 23.5 Å². The highest BCUT2D eigenvalue weighted by molar-refractivity contribution is 5.97. The molecule has 0 aromatic heterocycles. The van der Waals surface area contributed by atoms with E-state index in [1.165, 1.54) is 12.1 Å². The van der Waals surface area contributed by atoms with Gasteiger partial charge in [0.2, 0.25) is 11.8 Å². The number of halogens is 1. The molecule has 12 nitrogen and oxygen atoms in total. The normalized spacial score (nSPS) is 20.8. The lowest BCUT2D eigenvalue weighted by Gasteiger charge is -2.40. The second-order valence-electron chi connectivity index (χ2n) is 14.0. The van der Waals surface area contributed by atoms with E-state index in [1.807, 2.05) is 14.0 Å². The van der Waals surface area contributed by atoms with Crippen molar-refractivity contribution in [1.29, 1.82) is 0 Å². The van der Waals surface area contributed by atoms with Crippen LogP contribution < -0.4 is 21.4 Å². The number of likely N-dealkylation sites (N-methyl/N-ethyl adjacent to an activating group) is 1. The van der Waals surface area contributed by atoms with E-state index in [1.54, 1.807) is 45.6 Å². The third-order valence-corrected chi connectivity index (χ3v) is 9.08. The number of carbonyl (C=O) groups excluding carboxylic acids is 4. The summed E-state index contributed by atoms with van der Waals surface area (Å²) in [6, 6.07) is 1.94. The smallest absolute Gasteiger partial charge is 0.408 e. The molecular formula is C33H51FN6O6. The minimum Gasteiger partial charge on any atom is -0.444 e. The molecule has 0 unspecified atom stereocenters. The summed E-state index contributed by atoms with van der Waals surface area (Å²) in [5.41, 5.74) is 1.95. The molecule has 13 heteroatoms. The van der Waals surface area contributed by atoms with Crippen LogP contribution in [0.5, 0.6) is 0 Å². The summed E-state index contributed by atoms with van der Waals surface area (Å²) < 4.78 is 21.1. The van der Waals surface area contributed by atoms with Gasteiger partial charge in [0.05, 0.1) is 12.3 Å². The number of amides is 5. The standard InChI is InChI=1S/C33H51FN6O6/c1-8-45-38-31(43)36-27(30(42)40-16-15-39(7)19(2)18-40)20(3)23-13-14-25(24(34)17-23)35-29(41)28(37-32(44)46-33(4,5)6)26(21-9-10-21)22-11-12-22/h13-14,17,19-22,26-28H,8-12,15-16,18H2,1-7H3,(H,35,41)(H,37,44)(H2,36,38,43)/t19-,20+,27-,28+/m1/s1. The van der Waals surface area contributed by atoms with E-state index in [2.05, 4.69) is 26.3 Å². The second kappa shape index (κ2) is 15.0. The Morgan fingerprint density at radius 2 is 1.67 bits per heavy atom. The molecule has 46 heavy (non-hydrogen) atoms. The molecule has 5 amide bonds. The van der Waals surface area contributed by atoms with Crippen LogP contribution in [0.4, 0.5) is 19.7 Å². The molecule has 3 aliphatic rings. The SMILES string of the molecule is CCONC(=O)N[C@@H](C(=O)N1CCN(C)[C@H](C)C1)[C@@H](C)c1ccc(NC(=O)[C@@H](NC(=O)OC(C)(C)C)C(C2CC2)C2CC2)c(F)c1. The lowest BCUT2D eigenvalue weighted by molar-refractivity contribution is -0.136. The Labute approximate surface area is 271 Å². The minimum atomic E-state index is -1.00. The predicted molar refractivity (Wildman–Crippen MR) is 171 cm³/mol. The van der Waals surface area contributed by atoms with E-state index < -0.39 is 47.5 Å². The van der Waals surface area contributed by atoms with Crippen LogP contribution in [0, 0.1) is 23.6 Å². The number of piperazine rings is 1. The highest BCUT2D eigenvalue weighted by atomic mass is 19.1. The number of hydrogen-bond donors (Lipinski definition) is 4. The molecule has 1 heterocycles. The third kappa shape index (κ3) is 9.54. The maximum absolute atomic E-state index is 15.7. The highest BCUT2D eigenvalue weighted by Crippen LogP contribution is 2.51. The van der Waals surface area contributed by atoms with Crippen LogP contribution in [-0.2, 0) is 19.2 Å². The average Bonchev–Trinajstić information content (AvgIpc) is 3.91. The summed E-state index contributed by atoms with van der Waals surface area (Å²) in [6.07, 6.45) is 3.28. The van der Waals surface area contributed by atoms with Gasteiger partial charge < -0.3 is 30.5 Å². The molecule has 0 bridgehead atoms. The lowest BCUT2D eigenvalue weighted by Crippen LogP contribution is -2.59. The van der Waals surface area contributed by atoms with Crippen LogP contribution in [0.15, 0.2) is 18.2 Å². The number of anilines is 1. The Kier molecular flexibility index (Phi) is 11.5. The van der Waals surface area contributed by atoms with Crippen LogP contribution >= 0.6 is 0 Å². The van der Waals surface area contributed by atoms with Crippen molar-refractivity contribution in [2.24, 2.45) is 17.8 Å². The summed E-state index contributed by atoms with van der Waals surface area (Å²) in [6.45, 7) is 12.7. The molecule has 1 aromatic rings. The number of ether oxygens (including phenoxy) is 1. The van der Waals surface area contributed by atoms with Crippen molar-refractivity contribution in [3.63, 3.8) is 0 Å². The van der Waals surface area contributed by atoms with Gasteiger partial charge in [-0.15, -0.1) is 0 Å². The number of hydrogen-bond acceptors (Lipinski definition) is 7. The molecule has 4 N–H and O–H groups in total. The molecule has 3 fully saturated rings. The Bertz CT molecular complexity index is 1250. The van der Waals surface area contributed by atoms with Gasteiger partial charge in [0, 0.05) is 31.6 Å². The van der Waals surface area contributed by atoms with E-state index in [0.29, 0.717) is 37.0 Å². The quantitative estimate of drug-likeness (QED) is 0.252. The van der Waals surface area contributed by atoms with Crippen LogP contribution in [0.2, 0.25) is 0 Å².